The van der Waals surface area contributed by atoms with E-state index in [1.165, 1.54) is 50.6 Å². The number of halogens is 1. The molecule has 0 radical (unpaired) electrons. The Labute approximate surface area is 237 Å². The van der Waals surface area contributed by atoms with Crippen molar-refractivity contribution in [3.63, 3.8) is 0 Å². The standard InChI is InChI=1S/C28H23IN4O6/c1-38-26(36)21-15-19(8-10-23(21)34)30-32-28(13-12-18(14-25(28)29)17-6-4-3-5-7-17)33-31-20-9-11-24(35)22(16-20)27(37)39-2/h3-16,25,34-35H,1-2H3. The number of esters is 2. The lowest BCUT2D eigenvalue weighted by Gasteiger charge is -2.27. The Morgan fingerprint density at radius 3 is 1.79 bits per heavy atom. The fourth-order valence-electron chi connectivity index (χ4n) is 3.66. The minimum Gasteiger partial charge on any atom is -0.507 e. The number of carbonyl (C=O) groups is 2. The Morgan fingerprint density at radius 2 is 1.33 bits per heavy atom. The van der Waals surface area contributed by atoms with Crippen LogP contribution in [0.3, 0.4) is 0 Å². The number of benzene rings is 3. The van der Waals surface area contributed by atoms with Crippen LogP contribution in [0.5, 0.6) is 11.5 Å². The summed E-state index contributed by atoms with van der Waals surface area (Å²) in [6.45, 7) is 0. The van der Waals surface area contributed by atoms with Crippen LogP contribution in [0.15, 0.2) is 105 Å². The lowest BCUT2D eigenvalue weighted by atomic mass is 9.94. The van der Waals surface area contributed by atoms with Crippen LogP contribution in [0.1, 0.15) is 26.3 Å². The lowest BCUT2D eigenvalue weighted by Crippen LogP contribution is -2.32. The third-order valence-electron chi connectivity index (χ3n) is 5.77. The summed E-state index contributed by atoms with van der Waals surface area (Å²) < 4.78 is 9.07. The first-order valence-corrected chi connectivity index (χ1v) is 12.8. The van der Waals surface area contributed by atoms with Crippen molar-refractivity contribution >= 4 is 51.5 Å². The van der Waals surface area contributed by atoms with Crippen LogP contribution in [0.2, 0.25) is 0 Å². The van der Waals surface area contributed by atoms with Gasteiger partial charge in [-0.25, -0.2) is 9.59 Å². The van der Waals surface area contributed by atoms with E-state index in [1.807, 2.05) is 42.5 Å². The number of nitrogens with zero attached hydrogens (tertiary/aromatic N) is 4. The maximum absolute atomic E-state index is 12.0. The zero-order chi connectivity index (χ0) is 28.0. The second kappa shape index (κ2) is 12.0. The van der Waals surface area contributed by atoms with E-state index in [2.05, 4.69) is 43.0 Å². The number of hydrogen-bond acceptors (Lipinski definition) is 10. The number of rotatable bonds is 7. The monoisotopic (exact) mass is 638 g/mol. The van der Waals surface area contributed by atoms with Crippen molar-refractivity contribution in [1.82, 2.24) is 0 Å². The average molecular weight is 638 g/mol. The predicted octanol–water partition coefficient (Wildman–Crippen LogP) is 6.69. The Kier molecular flexibility index (Phi) is 8.49. The van der Waals surface area contributed by atoms with Crippen LogP contribution in [-0.2, 0) is 9.47 Å². The second-order valence-electron chi connectivity index (χ2n) is 8.29. The maximum atomic E-state index is 12.0. The van der Waals surface area contributed by atoms with E-state index in [1.54, 1.807) is 6.08 Å². The molecule has 0 spiro atoms. The second-order valence-corrected chi connectivity index (χ2v) is 9.63. The number of hydrogen-bond donors (Lipinski definition) is 2. The Balaban J connectivity index is 1.75. The number of aromatic hydroxyl groups is 2. The third kappa shape index (κ3) is 6.20. The van der Waals surface area contributed by atoms with E-state index >= 15 is 0 Å². The first-order valence-electron chi connectivity index (χ1n) is 11.6. The smallest absolute Gasteiger partial charge is 0.341 e. The minimum atomic E-state index is -1.30. The summed E-state index contributed by atoms with van der Waals surface area (Å²) in [6, 6.07) is 18.2. The van der Waals surface area contributed by atoms with Gasteiger partial charge >= 0.3 is 11.9 Å². The number of phenols is 2. The molecule has 3 aromatic rings. The van der Waals surface area contributed by atoms with Gasteiger partial charge in [0.1, 0.15) is 22.6 Å². The highest BCUT2D eigenvalue weighted by molar-refractivity contribution is 14.1. The summed E-state index contributed by atoms with van der Waals surface area (Å²) in [5.74, 6) is -1.92. The van der Waals surface area contributed by atoms with E-state index in [4.69, 9.17) is 9.47 Å². The fraction of sp³-hybridized carbons (Fsp3) is 0.143. The van der Waals surface area contributed by atoms with E-state index in [0.717, 1.165) is 11.1 Å². The van der Waals surface area contributed by atoms with Gasteiger partial charge in [0, 0.05) is 0 Å². The van der Waals surface area contributed by atoms with Crippen molar-refractivity contribution in [2.45, 2.75) is 9.59 Å². The normalized spacial score (nSPS) is 18.7. The quantitative estimate of drug-likeness (QED) is 0.128. The van der Waals surface area contributed by atoms with Gasteiger partial charge in [0.15, 0.2) is 0 Å². The molecule has 10 nitrogen and oxygen atoms in total. The molecule has 0 fully saturated rings. The van der Waals surface area contributed by atoms with Crippen LogP contribution in [0.25, 0.3) is 5.57 Å². The molecule has 4 rings (SSSR count). The van der Waals surface area contributed by atoms with Gasteiger partial charge in [-0.2, -0.15) is 20.5 Å². The van der Waals surface area contributed by atoms with E-state index in [-0.39, 0.29) is 37.9 Å². The first kappa shape index (κ1) is 27.6. The molecule has 0 saturated heterocycles. The number of carbonyl (C=O) groups excluding carboxylic acids is 2. The SMILES string of the molecule is COC(=O)c1cc(N=NC2(N=Nc3ccc(O)c(C(=O)OC)c3)C=CC(c3ccccc3)=CC2I)ccc1O. The van der Waals surface area contributed by atoms with Crippen LogP contribution in [0, 0.1) is 0 Å². The molecule has 1 aliphatic carbocycles. The molecule has 1 unspecified atom stereocenters. The number of alkyl halides is 1. The summed E-state index contributed by atoms with van der Waals surface area (Å²) >= 11 is 2.19. The molecule has 3 aromatic carbocycles. The molecule has 11 heteroatoms. The molecule has 1 atom stereocenters. The molecule has 0 amide bonds. The van der Waals surface area contributed by atoms with Crippen LogP contribution >= 0.6 is 22.6 Å². The topological polar surface area (TPSA) is 142 Å². The zero-order valence-electron chi connectivity index (χ0n) is 20.9. The van der Waals surface area contributed by atoms with Crippen molar-refractivity contribution in [1.29, 1.82) is 0 Å². The number of azo groups is 2. The molecule has 2 N–H and O–H groups in total. The van der Waals surface area contributed by atoms with Crippen molar-refractivity contribution in [2.75, 3.05) is 14.2 Å². The molecule has 0 heterocycles. The fourth-order valence-corrected chi connectivity index (χ4v) is 4.50. The molecule has 1 aliphatic rings. The van der Waals surface area contributed by atoms with Crippen molar-refractivity contribution in [3.8, 4) is 11.5 Å². The van der Waals surface area contributed by atoms with Gasteiger partial charge < -0.3 is 19.7 Å². The first-order chi connectivity index (χ1) is 18.8. The summed E-state index contributed by atoms with van der Waals surface area (Å²) in [5.41, 5.74) is 1.14. The summed E-state index contributed by atoms with van der Waals surface area (Å²) in [4.78, 5) is 24.0. The largest absolute Gasteiger partial charge is 0.507 e. The molecule has 0 saturated carbocycles. The molecule has 198 valence electrons. The third-order valence-corrected chi connectivity index (χ3v) is 7.05. The van der Waals surface area contributed by atoms with Crippen LogP contribution in [-0.4, -0.2) is 46.0 Å². The van der Waals surface area contributed by atoms with E-state index in [0.29, 0.717) is 0 Å². The Hall–Kier alpha value is -4.39. The van der Waals surface area contributed by atoms with Crippen molar-refractivity contribution in [3.05, 3.63) is 102 Å². The molecule has 0 bridgehead atoms. The van der Waals surface area contributed by atoms with Gasteiger partial charge in [0.05, 0.1) is 29.5 Å². The van der Waals surface area contributed by atoms with E-state index < -0.39 is 17.6 Å². The number of allylic oxidation sites excluding steroid dienone is 2. The Morgan fingerprint density at radius 1 is 0.821 bits per heavy atom. The highest BCUT2D eigenvalue weighted by Crippen LogP contribution is 2.38. The van der Waals surface area contributed by atoms with E-state index in [9.17, 15) is 19.8 Å². The van der Waals surface area contributed by atoms with Crippen LogP contribution < -0.4 is 0 Å². The Bertz CT molecular complexity index is 1440. The van der Waals surface area contributed by atoms with Gasteiger partial charge in [-0.05, 0) is 53.6 Å². The van der Waals surface area contributed by atoms with Gasteiger partial charge in [0.25, 0.3) is 0 Å². The number of ether oxygens (including phenoxy) is 2. The highest BCUT2D eigenvalue weighted by atomic mass is 127. The highest BCUT2D eigenvalue weighted by Gasteiger charge is 2.37. The van der Waals surface area contributed by atoms with Gasteiger partial charge in [-0.3, -0.25) is 0 Å². The minimum absolute atomic E-state index is 0.0551. The summed E-state index contributed by atoms with van der Waals surface area (Å²) in [6.07, 6.45) is 5.62. The maximum Gasteiger partial charge on any atom is 0.341 e. The molecular formula is C28H23IN4O6. The van der Waals surface area contributed by atoms with Gasteiger partial charge in [0.2, 0.25) is 5.66 Å². The molecule has 0 aliphatic heterocycles. The molecular weight excluding hydrogens is 615 g/mol. The summed E-state index contributed by atoms with van der Waals surface area (Å²) in [5, 5.41) is 37.7. The number of methoxy groups -OCH3 is 2. The van der Waals surface area contributed by atoms with Crippen molar-refractivity contribution in [2.24, 2.45) is 20.5 Å². The van der Waals surface area contributed by atoms with Gasteiger partial charge in [-0.1, -0.05) is 65.1 Å². The molecule has 39 heavy (non-hydrogen) atoms. The van der Waals surface area contributed by atoms with Crippen LogP contribution in [0.4, 0.5) is 11.4 Å². The lowest BCUT2D eigenvalue weighted by molar-refractivity contribution is 0.0588. The zero-order valence-corrected chi connectivity index (χ0v) is 23.0. The van der Waals surface area contributed by atoms with Crippen molar-refractivity contribution < 1.29 is 29.3 Å². The number of phenolic OH excluding ortho intramolecular Hbond substituents is 2. The molecule has 0 aromatic heterocycles. The average Bonchev–Trinajstić information content (AvgIpc) is 2.97. The van der Waals surface area contributed by atoms with Gasteiger partial charge in [-0.15, -0.1) is 0 Å². The predicted molar refractivity (Wildman–Crippen MR) is 152 cm³/mol. The summed E-state index contributed by atoms with van der Waals surface area (Å²) in [7, 11) is 2.43.